The van der Waals surface area contributed by atoms with Gasteiger partial charge in [0.2, 0.25) is 11.8 Å². The maximum atomic E-state index is 13.7. The monoisotopic (exact) mass is 816 g/mol. The van der Waals surface area contributed by atoms with Gasteiger partial charge in [0.05, 0.1) is 42.9 Å². The summed E-state index contributed by atoms with van der Waals surface area (Å²) >= 11 is 0. The van der Waals surface area contributed by atoms with Crippen LogP contribution in [0, 0.1) is 11.8 Å². The number of hydrogen-bond donors (Lipinski definition) is 4. The molecule has 2 aliphatic rings. The molecule has 2 saturated heterocycles. The van der Waals surface area contributed by atoms with Crippen molar-refractivity contribution in [2.45, 2.75) is 77.5 Å². The molecule has 4 heterocycles. The molecular weight excluding hydrogens is 765 g/mol. The molecular formula is C45H52N8O7. The van der Waals surface area contributed by atoms with Crippen molar-refractivity contribution in [1.29, 1.82) is 0 Å². The van der Waals surface area contributed by atoms with E-state index in [-0.39, 0.29) is 35.3 Å². The Morgan fingerprint density at radius 1 is 0.667 bits per heavy atom. The third-order valence-electron chi connectivity index (χ3n) is 11.6. The molecule has 0 unspecified atom stereocenters. The van der Waals surface area contributed by atoms with E-state index in [2.05, 4.69) is 49.9 Å². The predicted octanol–water partition coefficient (Wildman–Crippen LogP) is 6.74. The van der Waals surface area contributed by atoms with Gasteiger partial charge in [-0.1, -0.05) is 82.3 Å². The van der Waals surface area contributed by atoms with Gasteiger partial charge in [-0.25, -0.2) is 14.6 Å². The molecule has 15 heteroatoms. The van der Waals surface area contributed by atoms with Gasteiger partial charge >= 0.3 is 12.2 Å². The number of nitrogens with zero attached hydrogens (tertiary/aromatic N) is 4. The number of ether oxygens (including phenoxy) is 2. The molecule has 0 saturated carbocycles. The van der Waals surface area contributed by atoms with Crippen LogP contribution in [0.5, 0.6) is 0 Å². The second kappa shape index (κ2) is 17.8. The average molecular weight is 817 g/mol. The highest BCUT2D eigenvalue weighted by molar-refractivity contribution is 5.88. The number of benzene rings is 3. The second-order valence-electron chi connectivity index (χ2n) is 16.1. The van der Waals surface area contributed by atoms with Gasteiger partial charge in [-0.3, -0.25) is 14.4 Å². The van der Waals surface area contributed by atoms with Crippen LogP contribution in [0.15, 0.2) is 77.7 Å². The van der Waals surface area contributed by atoms with Crippen LogP contribution in [0.4, 0.5) is 9.59 Å². The first-order valence-electron chi connectivity index (χ1n) is 20.5. The molecule has 4 amide bonds. The standard InChI is InChI=1S/C45H52N8O7/c1-25(2)37(49-44(57)59-5)42(55)52-21-7-9-35(52)39-46-24-34(48-39)30-17-15-28(16-18-30)27-11-13-29(14-12-27)31-19-20-32-33(23-31)47-40(51-41(32)54)36-10-8-22-53(36)43(56)38(26(3)4)50-45(58)60-6/h11-20,23-26,35-38H,7-10,21-22H2,1-6H3,(H,46,48)(H,49,57)(H,50,58)(H,47,51,54)/t35-,36-,37-,38-/m0/s1. The van der Waals surface area contributed by atoms with E-state index < -0.39 is 30.3 Å². The largest absolute Gasteiger partial charge is 0.453 e. The van der Waals surface area contributed by atoms with Crippen LogP contribution >= 0.6 is 0 Å². The number of imidazole rings is 1. The summed E-state index contributed by atoms with van der Waals surface area (Å²) < 4.78 is 9.51. The lowest BCUT2D eigenvalue weighted by Gasteiger charge is -2.30. The van der Waals surface area contributed by atoms with Gasteiger partial charge in [0.1, 0.15) is 23.7 Å². The molecule has 4 N–H and O–H groups in total. The van der Waals surface area contributed by atoms with Crippen molar-refractivity contribution >= 4 is 34.9 Å². The topological polar surface area (TPSA) is 192 Å². The second-order valence-corrected chi connectivity index (χ2v) is 16.1. The molecule has 2 aromatic heterocycles. The molecule has 2 fully saturated rings. The number of hydrogen-bond acceptors (Lipinski definition) is 9. The fourth-order valence-electron chi connectivity index (χ4n) is 8.24. The molecule has 0 spiro atoms. The Kier molecular flexibility index (Phi) is 12.3. The van der Waals surface area contributed by atoms with Crippen LogP contribution in [-0.2, 0) is 19.1 Å². The van der Waals surface area contributed by atoms with Crippen molar-refractivity contribution in [2.75, 3.05) is 27.3 Å². The first kappa shape index (κ1) is 41.6. The van der Waals surface area contributed by atoms with Crippen molar-refractivity contribution < 1.29 is 28.7 Å². The zero-order valence-corrected chi connectivity index (χ0v) is 34.8. The Labute approximate surface area is 348 Å². The number of aromatic amines is 2. The number of rotatable bonds is 11. The van der Waals surface area contributed by atoms with Gasteiger partial charge in [-0.05, 0) is 71.9 Å². The summed E-state index contributed by atoms with van der Waals surface area (Å²) in [7, 11) is 2.54. The number of likely N-dealkylation sites (tertiary alicyclic amines) is 2. The molecule has 2 aliphatic heterocycles. The summed E-state index contributed by atoms with van der Waals surface area (Å²) in [6.07, 6.45) is 3.53. The third kappa shape index (κ3) is 8.61. The SMILES string of the molecule is COC(=O)N[C@H](C(=O)N1CCC[C@H]1c1nc(-c2ccc(-c3ccc(-c4ccc5c(=O)nc([C@@H]6CCCN6C(=O)[C@@H](NC(=O)OC)C(C)C)[nH]c5c4)cc3)cc2)c[nH]1)C(C)C. The molecule has 15 nitrogen and oxygen atoms in total. The molecule has 0 aliphatic carbocycles. The summed E-state index contributed by atoms with van der Waals surface area (Å²) in [5.41, 5.74) is 5.89. The van der Waals surface area contributed by atoms with E-state index in [4.69, 9.17) is 14.5 Å². The quantitative estimate of drug-likeness (QED) is 0.112. The molecule has 5 aromatic rings. The van der Waals surface area contributed by atoms with Crippen molar-refractivity contribution in [1.82, 2.24) is 40.4 Å². The van der Waals surface area contributed by atoms with Gasteiger partial charge in [-0.2, -0.15) is 4.98 Å². The minimum Gasteiger partial charge on any atom is -0.453 e. The van der Waals surface area contributed by atoms with Crippen LogP contribution < -0.4 is 16.2 Å². The number of carbonyl (C=O) groups is 4. The number of nitrogens with one attached hydrogen (secondary N) is 4. The minimum atomic E-state index is -0.779. The van der Waals surface area contributed by atoms with E-state index >= 15 is 0 Å². The first-order chi connectivity index (χ1) is 28.9. The van der Waals surface area contributed by atoms with Crippen molar-refractivity contribution in [3.8, 4) is 33.5 Å². The Hall–Kier alpha value is -6.51. The number of alkyl carbamates (subject to hydrolysis) is 2. The van der Waals surface area contributed by atoms with Crippen LogP contribution in [0.25, 0.3) is 44.4 Å². The van der Waals surface area contributed by atoms with Gasteiger partial charge in [0.25, 0.3) is 5.56 Å². The van der Waals surface area contributed by atoms with E-state index in [0.717, 1.165) is 52.8 Å². The molecule has 0 bridgehead atoms. The predicted molar refractivity (Wildman–Crippen MR) is 227 cm³/mol. The fourth-order valence-corrected chi connectivity index (χ4v) is 8.24. The Morgan fingerprint density at radius 2 is 1.13 bits per heavy atom. The summed E-state index contributed by atoms with van der Waals surface area (Å²) in [6.45, 7) is 8.57. The van der Waals surface area contributed by atoms with Gasteiger partial charge in [-0.15, -0.1) is 0 Å². The maximum Gasteiger partial charge on any atom is 0.407 e. The Bertz CT molecular complexity index is 2420. The van der Waals surface area contributed by atoms with Crippen molar-refractivity contribution in [2.24, 2.45) is 11.8 Å². The lowest BCUT2D eigenvalue weighted by atomic mass is 9.98. The van der Waals surface area contributed by atoms with E-state index in [1.54, 1.807) is 15.9 Å². The lowest BCUT2D eigenvalue weighted by molar-refractivity contribution is -0.136. The van der Waals surface area contributed by atoms with Crippen molar-refractivity contribution in [3.63, 3.8) is 0 Å². The Balaban J connectivity index is 1.05. The average Bonchev–Trinajstić information content (AvgIpc) is 4.06. The highest BCUT2D eigenvalue weighted by atomic mass is 16.5. The number of fused-ring (bicyclic) bond motifs is 1. The van der Waals surface area contributed by atoms with Gasteiger partial charge < -0.3 is 39.9 Å². The molecule has 314 valence electrons. The van der Waals surface area contributed by atoms with E-state index in [9.17, 15) is 24.0 Å². The maximum absolute atomic E-state index is 13.7. The van der Waals surface area contributed by atoms with E-state index in [1.807, 2.05) is 70.3 Å². The molecule has 0 radical (unpaired) electrons. The van der Waals surface area contributed by atoms with Gasteiger partial charge in [0, 0.05) is 24.8 Å². The van der Waals surface area contributed by atoms with Crippen LogP contribution in [-0.4, -0.2) is 93.1 Å². The first-order valence-corrected chi connectivity index (χ1v) is 20.5. The van der Waals surface area contributed by atoms with E-state index in [0.29, 0.717) is 42.1 Å². The number of methoxy groups -OCH3 is 2. The third-order valence-corrected chi connectivity index (χ3v) is 11.6. The molecule has 7 rings (SSSR count). The van der Waals surface area contributed by atoms with E-state index in [1.165, 1.54) is 14.2 Å². The number of amides is 4. The highest BCUT2D eigenvalue weighted by Crippen LogP contribution is 2.35. The lowest BCUT2D eigenvalue weighted by Crippen LogP contribution is -2.51. The summed E-state index contributed by atoms with van der Waals surface area (Å²) in [6, 6.07) is 19.8. The minimum absolute atomic E-state index is 0.116. The normalized spacial score (nSPS) is 17.5. The summed E-state index contributed by atoms with van der Waals surface area (Å²) in [5, 5.41) is 5.80. The number of aromatic nitrogens is 4. The molecule has 60 heavy (non-hydrogen) atoms. The van der Waals surface area contributed by atoms with Crippen LogP contribution in [0.1, 0.15) is 77.1 Å². The summed E-state index contributed by atoms with van der Waals surface area (Å²) in [4.78, 5) is 83.9. The fraction of sp³-hybridized carbons (Fsp3) is 0.400. The van der Waals surface area contributed by atoms with Crippen LogP contribution in [0.3, 0.4) is 0 Å². The Morgan fingerprint density at radius 3 is 1.63 bits per heavy atom. The highest BCUT2D eigenvalue weighted by Gasteiger charge is 2.39. The van der Waals surface area contributed by atoms with Gasteiger partial charge in [0.15, 0.2) is 0 Å². The number of H-pyrrole nitrogens is 2. The zero-order valence-electron chi connectivity index (χ0n) is 34.8. The number of carbonyl (C=O) groups excluding carboxylic acids is 4. The molecule has 4 atom stereocenters. The smallest absolute Gasteiger partial charge is 0.407 e. The zero-order chi connectivity index (χ0) is 42.7. The molecule has 3 aromatic carbocycles. The summed E-state index contributed by atoms with van der Waals surface area (Å²) in [5.74, 6) is 0.442. The van der Waals surface area contributed by atoms with Crippen molar-refractivity contribution in [3.05, 3.63) is 94.9 Å². The van der Waals surface area contributed by atoms with Crippen LogP contribution in [0.2, 0.25) is 0 Å².